The highest BCUT2D eigenvalue weighted by Gasteiger charge is 2.23. The number of hydrogen-bond acceptors (Lipinski definition) is 5. The fraction of sp³-hybridized carbons (Fsp3) is 0.182. The van der Waals surface area contributed by atoms with Gasteiger partial charge in [-0.25, -0.2) is 4.79 Å². The average Bonchev–Trinajstić information content (AvgIpc) is 3.17. The van der Waals surface area contributed by atoms with Gasteiger partial charge in [0.05, 0.1) is 0 Å². The predicted molar refractivity (Wildman–Crippen MR) is 107 cm³/mol. The molecule has 1 aromatic heterocycles. The molecule has 5 nitrogen and oxygen atoms in total. The van der Waals surface area contributed by atoms with E-state index in [-0.39, 0.29) is 12.5 Å². The number of nitrogens with zero attached hydrogens (tertiary/aromatic N) is 1. The Labute approximate surface area is 167 Å². The van der Waals surface area contributed by atoms with Crippen molar-refractivity contribution in [2.75, 3.05) is 13.7 Å². The SMILES string of the molecule is CN(Cc1ccccc1)C(=O)COC(=O)c1cc2c(s1)-c1ccccc1OC2. The molecule has 1 aliphatic heterocycles. The number of amides is 1. The van der Waals surface area contributed by atoms with Gasteiger partial charge in [-0.1, -0.05) is 42.5 Å². The summed E-state index contributed by atoms with van der Waals surface area (Å²) in [6.45, 7) is 0.616. The van der Waals surface area contributed by atoms with Crippen LogP contribution in [0.2, 0.25) is 0 Å². The lowest BCUT2D eigenvalue weighted by molar-refractivity contribution is -0.133. The molecule has 142 valence electrons. The fourth-order valence-corrected chi connectivity index (χ4v) is 4.15. The fourth-order valence-electron chi connectivity index (χ4n) is 3.05. The number of carbonyl (C=O) groups excluding carboxylic acids is 2. The zero-order valence-corrected chi connectivity index (χ0v) is 16.2. The Morgan fingerprint density at radius 3 is 2.68 bits per heavy atom. The Hall–Kier alpha value is -3.12. The molecule has 0 bridgehead atoms. The van der Waals surface area contributed by atoms with E-state index < -0.39 is 5.97 Å². The van der Waals surface area contributed by atoms with Crippen LogP contribution in [-0.2, 0) is 22.7 Å². The first kappa shape index (κ1) is 18.3. The molecule has 1 aliphatic rings. The number of fused-ring (bicyclic) bond motifs is 3. The number of hydrogen-bond donors (Lipinski definition) is 0. The van der Waals surface area contributed by atoms with Crippen LogP contribution < -0.4 is 4.74 Å². The minimum absolute atomic E-state index is 0.243. The quantitative estimate of drug-likeness (QED) is 0.612. The van der Waals surface area contributed by atoms with Crippen molar-refractivity contribution in [3.05, 3.63) is 76.7 Å². The second-order valence-electron chi connectivity index (χ2n) is 6.56. The second-order valence-corrected chi connectivity index (χ2v) is 7.61. The lowest BCUT2D eigenvalue weighted by atomic mass is 10.1. The summed E-state index contributed by atoms with van der Waals surface area (Å²) in [5, 5.41) is 0. The maximum Gasteiger partial charge on any atom is 0.348 e. The molecule has 28 heavy (non-hydrogen) atoms. The molecule has 4 rings (SSSR count). The van der Waals surface area contributed by atoms with Crippen molar-refractivity contribution < 1.29 is 19.1 Å². The monoisotopic (exact) mass is 393 g/mol. The van der Waals surface area contributed by atoms with Gasteiger partial charge in [-0.2, -0.15) is 0 Å². The summed E-state index contributed by atoms with van der Waals surface area (Å²) in [7, 11) is 1.70. The average molecular weight is 393 g/mol. The number of rotatable bonds is 5. The third kappa shape index (κ3) is 3.77. The summed E-state index contributed by atoms with van der Waals surface area (Å²) in [6.07, 6.45) is 0. The first-order valence-corrected chi connectivity index (χ1v) is 9.73. The molecule has 0 saturated carbocycles. The van der Waals surface area contributed by atoms with Crippen molar-refractivity contribution in [1.82, 2.24) is 4.90 Å². The van der Waals surface area contributed by atoms with Gasteiger partial charge in [0.15, 0.2) is 6.61 Å². The van der Waals surface area contributed by atoms with E-state index in [9.17, 15) is 9.59 Å². The molecule has 0 atom stereocenters. The van der Waals surface area contributed by atoms with Gasteiger partial charge in [0.1, 0.15) is 17.2 Å². The molecule has 0 N–H and O–H groups in total. The van der Waals surface area contributed by atoms with Gasteiger partial charge >= 0.3 is 5.97 Å². The molecule has 2 aromatic carbocycles. The van der Waals surface area contributed by atoms with Gasteiger partial charge in [-0.3, -0.25) is 4.79 Å². The summed E-state index contributed by atoms with van der Waals surface area (Å²) < 4.78 is 11.0. The van der Waals surface area contributed by atoms with Gasteiger partial charge in [0, 0.05) is 29.6 Å². The molecular weight excluding hydrogens is 374 g/mol. The predicted octanol–water partition coefficient (Wildman–Crippen LogP) is 4.12. The zero-order chi connectivity index (χ0) is 19.5. The standard InChI is InChI=1S/C22H19NO4S/c1-23(12-15-7-3-2-4-8-15)20(24)14-27-22(25)19-11-16-13-26-18-10-6-5-9-17(18)21(16)28-19/h2-11H,12-14H2,1H3. The van der Waals surface area contributed by atoms with Crippen LogP contribution in [0.3, 0.4) is 0 Å². The highest BCUT2D eigenvalue weighted by Crippen LogP contribution is 2.42. The summed E-state index contributed by atoms with van der Waals surface area (Å²) in [6, 6.07) is 19.2. The van der Waals surface area contributed by atoms with E-state index in [1.807, 2.05) is 54.6 Å². The summed E-state index contributed by atoms with van der Waals surface area (Å²) >= 11 is 1.37. The van der Waals surface area contributed by atoms with Gasteiger partial charge in [-0.15, -0.1) is 11.3 Å². The van der Waals surface area contributed by atoms with Gasteiger partial charge in [0.2, 0.25) is 0 Å². The van der Waals surface area contributed by atoms with Crippen LogP contribution in [-0.4, -0.2) is 30.4 Å². The van der Waals surface area contributed by atoms with E-state index in [0.29, 0.717) is 18.0 Å². The summed E-state index contributed by atoms with van der Waals surface area (Å²) in [5.74, 6) is 0.0834. The lowest BCUT2D eigenvalue weighted by Crippen LogP contribution is -2.30. The second kappa shape index (κ2) is 7.86. The van der Waals surface area contributed by atoms with Crippen molar-refractivity contribution in [3.8, 4) is 16.2 Å². The molecule has 3 aromatic rings. The van der Waals surface area contributed by atoms with E-state index in [0.717, 1.165) is 27.3 Å². The van der Waals surface area contributed by atoms with Gasteiger partial charge in [-0.05, 0) is 23.8 Å². The molecule has 0 fully saturated rings. The molecule has 0 saturated heterocycles. The van der Waals surface area contributed by atoms with E-state index in [2.05, 4.69) is 0 Å². The number of ether oxygens (including phenoxy) is 2. The number of esters is 1. The third-order valence-electron chi connectivity index (χ3n) is 4.54. The minimum atomic E-state index is -0.488. The van der Waals surface area contributed by atoms with E-state index >= 15 is 0 Å². The summed E-state index contributed by atoms with van der Waals surface area (Å²) in [5.41, 5.74) is 2.96. The Bertz CT molecular complexity index is 1010. The number of carbonyl (C=O) groups is 2. The van der Waals surface area contributed by atoms with Gasteiger partial charge in [0.25, 0.3) is 5.91 Å². The molecule has 0 spiro atoms. The largest absolute Gasteiger partial charge is 0.488 e. The zero-order valence-electron chi connectivity index (χ0n) is 15.4. The topological polar surface area (TPSA) is 55.8 Å². The molecule has 6 heteroatoms. The first-order valence-electron chi connectivity index (χ1n) is 8.92. The van der Waals surface area contributed by atoms with Gasteiger partial charge < -0.3 is 14.4 Å². The Morgan fingerprint density at radius 1 is 1.11 bits per heavy atom. The van der Waals surface area contributed by atoms with Crippen LogP contribution in [0.5, 0.6) is 5.75 Å². The minimum Gasteiger partial charge on any atom is -0.488 e. The van der Waals surface area contributed by atoms with E-state index in [1.54, 1.807) is 18.0 Å². The maximum absolute atomic E-state index is 12.4. The van der Waals surface area contributed by atoms with Crippen LogP contribution in [0.15, 0.2) is 60.7 Å². The molecule has 2 heterocycles. The number of thiophene rings is 1. The molecule has 0 aliphatic carbocycles. The molecular formula is C22H19NO4S. The third-order valence-corrected chi connectivity index (χ3v) is 5.73. The highest BCUT2D eigenvalue weighted by atomic mass is 32.1. The van der Waals surface area contributed by atoms with Crippen molar-refractivity contribution in [2.45, 2.75) is 13.2 Å². The first-order chi connectivity index (χ1) is 13.6. The van der Waals surface area contributed by atoms with Crippen molar-refractivity contribution in [3.63, 3.8) is 0 Å². The Kier molecular flexibility index (Phi) is 5.12. The van der Waals surface area contributed by atoms with Crippen molar-refractivity contribution in [1.29, 1.82) is 0 Å². The van der Waals surface area contributed by atoms with Crippen LogP contribution >= 0.6 is 11.3 Å². The lowest BCUT2D eigenvalue weighted by Gasteiger charge is -2.17. The maximum atomic E-state index is 12.4. The smallest absolute Gasteiger partial charge is 0.348 e. The van der Waals surface area contributed by atoms with E-state index in [4.69, 9.17) is 9.47 Å². The molecule has 0 unspecified atom stereocenters. The van der Waals surface area contributed by atoms with Crippen molar-refractivity contribution in [2.24, 2.45) is 0 Å². The molecule has 1 amide bonds. The Balaban J connectivity index is 1.39. The van der Waals surface area contributed by atoms with E-state index in [1.165, 1.54) is 11.3 Å². The number of para-hydroxylation sites is 1. The molecule has 0 radical (unpaired) electrons. The van der Waals surface area contributed by atoms with Crippen LogP contribution in [0, 0.1) is 0 Å². The highest BCUT2D eigenvalue weighted by molar-refractivity contribution is 7.17. The van der Waals surface area contributed by atoms with Crippen LogP contribution in [0.25, 0.3) is 10.4 Å². The number of likely N-dealkylation sites (N-methyl/N-ethyl adjacent to an activating group) is 1. The Morgan fingerprint density at radius 2 is 1.86 bits per heavy atom. The van der Waals surface area contributed by atoms with Crippen LogP contribution in [0.4, 0.5) is 0 Å². The van der Waals surface area contributed by atoms with Crippen molar-refractivity contribution >= 4 is 23.2 Å². The summed E-state index contributed by atoms with van der Waals surface area (Å²) in [4.78, 5) is 27.7. The van der Waals surface area contributed by atoms with Crippen LogP contribution in [0.1, 0.15) is 20.8 Å². The normalized spacial score (nSPS) is 11.8. The number of benzene rings is 2.